The Balaban J connectivity index is 1.43. The fourth-order valence-electron chi connectivity index (χ4n) is 3.55. The van der Waals surface area contributed by atoms with Crippen molar-refractivity contribution < 1.29 is 4.79 Å². The first-order chi connectivity index (χ1) is 9.72. The lowest BCUT2D eigenvalue weighted by atomic mass is 9.85. The van der Waals surface area contributed by atoms with Gasteiger partial charge in [0.1, 0.15) is 0 Å². The molecular weight excluding hydrogens is 252 g/mol. The van der Waals surface area contributed by atoms with Crippen LogP contribution >= 0.6 is 0 Å². The van der Waals surface area contributed by atoms with Gasteiger partial charge in [-0.25, -0.2) is 0 Å². The molecule has 3 unspecified atom stereocenters. The zero-order valence-electron chi connectivity index (χ0n) is 12.1. The van der Waals surface area contributed by atoms with E-state index in [0.29, 0.717) is 12.6 Å². The van der Waals surface area contributed by atoms with E-state index in [2.05, 4.69) is 15.7 Å². The molecule has 1 aromatic heterocycles. The van der Waals surface area contributed by atoms with E-state index in [1.165, 1.54) is 25.7 Å². The largest absolute Gasteiger partial charge is 0.354 e. The summed E-state index contributed by atoms with van der Waals surface area (Å²) in [7, 11) is 1.91. The van der Waals surface area contributed by atoms with E-state index in [-0.39, 0.29) is 11.9 Å². The standard InChI is InChI=1S/C15H24N4O/c1-19-9-7-12(18-19)6-8-16-15(20)14-10-11-4-2-3-5-13(11)17-14/h7,9,11,13-14,17H,2-6,8,10H2,1H3,(H,16,20). The van der Waals surface area contributed by atoms with E-state index in [0.717, 1.165) is 24.5 Å². The van der Waals surface area contributed by atoms with Gasteiger partial charge in [0.2, 0.25) is 5.91 Å². The van der Waals surface area contributed by atoms with Gasteiger partial charge in [0, 0.05) is 32.3 Å². The van der Waals surface area contributed by atoms with E-state index in [4.69, 9.17) is 0 Å². The molecule has 0 spiro atoms. The van der Waals surface area contributed by atoms with Crippen molar-refractivity contribution in [2.24, 2.45) is 13.0 Å². The van der Waals surface area contributed by atoms with Crippen molar-refractivity contribution in [3.05, 3.63) is 18.0 Å². The van der Waals surface area contributed by atoms with Crippen LogP contribution in [0.5, 0.6) is 0 Å². The summed E-state index contributed by atoms with van der Waals surface area (Å²) in [5.74, 6) is 0.880. The minimum absolute atomic E-state index is 0.0202. The number of aryl methyl sites for hydroxylation is 1. The number of carbonyl (C=O) groups excluding carboxylic acids is 1. The molecule has 1 aromatic rings. The number of carbonyl (C=O) groups is 1. The maximum Gasteiger partial charge on any atom is 0.237 e. The highest BCUT2D eigenvalue weighted by Gasteiger charge is 2.37. The Kier molecular flexibility index (Phi) is 4.05. The zero-order valence-corrected chi connectivity index (χ0v) is 12.1. The minimum atomic E-state index is 0.0202. The monoisotopic (exact) mass is 276 g/mol. The molecule has 0 bridgehead atoms. The third-order valence-corrected chi connectivity index (χ3v) is 4.63. The molecule has 2 aliphatic rings. The van der Waals surface area contributed by atoms with Crippen LogP contribution in [0.3, 0.4) is 0 Å². The third-order valence-electron chi connectivity index (χ3n) is 4.63. The van der Waals surface area contributed by atoms with E-state index in [1.807, 2.05) is 19.3 Å². The van der Waals surface area contributed by atoms with Crippen molar-refractivity contribution in [1.82, 2.24) is 20.4 Å². The molecule has 1 saturated carbocycles. The van der Waals surface area contributed by atoms with Gasteiger partial charge in [-0.05, 0) is 31.2 Å². The fraction of sp³-hybridized carbons (Fsp3) is 0.733. The van der Waals surface area contributed by atoms with Crippen LogP contribution in [-0.2, 0) is 18.3 Å². The van der Waals surface area contributed by atoms with Gasteiger partial charge >= 0.3 is 0 Å². The van der Waals surface area contributed by atoms with Crippen LogP contribution in [0.4, 0.5) is 0 Å². The van der Waals surface area contributed by atoms with Gasteiger partial charge < -0.3 is 10.6 Å². The van der Waals surface area contributed by atoms with Crippen LogP contribution in [0, 0.1) is 5.92 Å². The molecule has 1 aliphatic carbocycles. The number of rotatable bonds is 4. The number of hydrogen-bond acceptors (Lipinski definition) is 3. The Morgan fingerprint density at radius 3 is 3.10 bits per heavy atom. The molecule has 2 heterocycles. The summed E-state index contributed by atoms with van der Waals surface area (Å²) >= 11 is 0. The lowest BCUT2D eigenvalue weighted by Gasteiger charge is -2.24. The van der Waals surface area contributed by atoms with Crippen molar-refractivity contribution >= 4 is 5.91 Å². The maximum absolute atomic E-state index is 12.2. The van der Waals surface area contributed by atoms with Crippen LogP contribution in [0.25, 0.3) is 0 Å². The van der Waals surface area contributed by atoms with Gasteiger partial charge in [-0.15, -0.1) is 0 Å². The molecule has 5 heteroatoms. The van der Waals surface area contributed by atoms with Crippen molar-refractivity contribution in [3.8, 4) is 0 Å². The number of amides is 1. The average Bonchev–Trinajstić information content (AvgIpc) is 3.04. The molecule has 3 atom stereocenters. The number of nitrogens with one attached hydrogen (secondary N) is 2. The summed E-state index contributed by atoms with van der Waals surface area (Å²) in [5.41, 5.74) is 1.03. The predicted molar refractivity (Wildman–Crippen MR) is 77.2 cm³/mol. The second kappa shape index (κ2) is 5.95. The van der Waals surface area contributed by atoms with E-state index in [1.54, 1.807) is 4.68 Å². The van der Waals surface area contributed by atoms with Crippen LogP contribution in [0.15, 0.2) is 12.3 Å². The highest BCUT2D eigenvalue weighted by atomic mass is 16.2. The fourth-order valence-corrected chi connectivity index (χ4v) is 3.55. The SMILES string of the molecule is Cn1ccc(CCNC(=O)C2CC3CCCCC3N2)n1. The van der Waals surface area contributed by atoms with Gasteiger partial charge in [0.25, 0.3) is 0 Å². The molecule has 1 aliphatic heterocycles. The molecule has 3 rings (SSSR count). The summed E-state index contributed by atoms with van der Waals surface area (Å²) in [4.78, 5) is 12.2. The van der Waals surface area contributed by atoms with Gasteiger partial charge in [-0.2, -0.15) is 5.10 Å². The summed E-state index contributed by atoms with van der Waals surface area (Å²) in [6.45, 7) is 0.670. The van der Waals surface area contributed by atoms with Crippen LogP contribution in [0.2, 0.25) is 0 Å². The molecule has 1 amide bonds. The summed E-state index contributed by atoms with van der Waals surface area (Å²) < 4.78 is 1.79. The first kappa shape index (κ1) is 13.6. The smallest absolute Gasteiger partial charge is 0.237 e. The molecule has 1 saturated heterocycles. The molecule has 110 valence electrons. The first-order valence-corrected chi connectivity index (χ1v) is 7.74. The van der Waals surface area contributed by atoms with Gasteiger partial charge in [-0.1, -0.05) is 12.8 Å². The third kappa shape index (κ3) is 3.03. The molecule has 5 nitrogen and oxygen atoms in total. The molecule has 0 radical (unpaired) electrons. The van der Waals surface area contributed by atoms with Crippen LogP contribution < -0.4 is 10.6 Å². The molecular formula is C15H24N4O. The number of aromatic nitrogens is 2. The van der Waals surface area contributed by atoms with Crippen LogP contribution in [-0.4, -0.2) is 34.3 Å². The zero-order chi connectivity index (χ0) is 13.9. The Morgan fingerprint density at radius 1 is 1.50 bits per heavy atom. The lowest BCUT2D eigenvalue weighted by Crippen LogP contribution is -2.43. The molecule has 0 aromatic carbocycles. The first-order valence-electron chi connectivity index (χ1n) is 7.74. The number of nitrogens with zero attached hydrogens (tertiary/aromatic N) is 2. The Labute approximate surface area is 120 Å². The second-order valence-corrected chi connectivity index (χ2v) is 6.13. The Morgan fingerprint density at radius 2 is 2.35 bits per heavy atom. The highest BCUT2D eigenvalue weighted by Crippen LogP contribution is 2.33. The van der Waals surface area contributed by atoms with Crippen LogP contribution in [0.1, 0.15) is 37.8 Å². The summed E-state index contributed by atoms with van der Waals surface area (Å²) in [6, 6.07) is 2.59. The van der Waals surface area contributed by atoms with Gasteiger partial charge in [0.05, 0.1) is 11.7 Å². The topological polar surface area (TPSA) is 59.0 Å². The van der Waals surface area contributed by atoms with Crippen molar-refractivity contribution in [2.45, 2.75) is 50.6 Å². The second-order valence-electron chi connectivity index (χ2n) is 6.13. The molecule has 20 heavy (non-hydrogen) atoms. The van der Waals surface area contributed by atoms with Crippen molar-refractivity contribution in [3.63, 3.8) is 0 Å². The van der Waals surface area contributed by atoms with E-state index in [9.17, 15) is 4.79 Å². The quantitative estimate of drug-likeness (QED) is 0.862. The maximum atomic E-state index is 12.2. The van der Waals surface area contributed by atoms with Crippen molar-refractivity contribution in [2.75, 3.05) is 6.54 Å². The normalized spacial score (nSPS) is 29.1. The Bertz CT molecular complexity index is 456. The number of fused-ring (bicyclic) bond motifs is 1. The summed E-state index contributed by atoms with van der Waals surface area (Å²) in [6.07, 6.45) is 8.91. The molecule has 2 fully saturated rings. The average molecular weight is 276 g/mol. The Hall–Kier alpha value is -1.36. The number of hydrogen-bond donors (Lipinski definition) is 2. The van der Waals surface area contributed by atoms with Crippen molar-refractivity contribution in [1.29, 1.82) is 0 Å². The predicted octanol–water partition coefficient (Wildman–Crippen LogP) is 0.999. The highest BCUT2D eigenvalue weighted by molar-refractivity contribution is 5.82. The summed E-state index contributed by atoms with van der Waals surface area (Å²) in [5, 5.41) is 10.9. The lowest BCUT2D eigenvalue weighted by molar-refractivity contribution is -0.122. The minimum Gasteiger partial charge on any atom is -0.354 e. The molecule has 2 N–H and O–H groups in total. The van der Waals surface area contributed by atoms with E-state index < -0.39 is 0 Å². The van der Waals surface area contributed by atoms with Gasteiger partial charge in [-0.3, -0.25) is 9.48 Å². The van der Waals surface area contributed by atoms with Gasteiger partial charge in [0.15, 0.2) is 0 Å². The van der Waals surface area contributed by atoms with E-state index >= 15 is 0 Å².